The van der Waals surface area contributed by atoms with E-state index in [-0.39, 0.29) is 0 Å². The molecule has 6 nitrogen and oxygen atoms in total. The molecule has 2 aromatic rings. The number of benzene rings is 1. The first-order valence-electron chi connectivity index (χ1n) is 5.61. The number of aromatic nitrogens is 3. The predicted octanol–water partition coefficient (Wildman–Crippen LogP) is 1.05. The second-order valence-electron chi connectivity index (χ2n) is 4.00. The molecule has 0 amide bonds. The first kappa shape index (κ1) is 12.1. The van der Waals surface area contributed by atoms with E-state index in [1.165, 1.54) is 11.9 Å². The maximum Gasteiger partial charge on any atom is 0.193 e. The van der Waals surface area contributed by atoms with Gasteiger partial charge in [-0.05, 0) is 24.6 Å². The van der Waals surface area contributed by atoms with Crippen LogP contribution in [-0.4, -0.2) is 20.7 Å². The summed E-state index contributed by atoms with van der Waals surface area (Å²) in [6.45, 7) is 2.43. The number of anilines is 1. The highest BCUT2D eigenvalue weighted by molar-refractivity contribution is 5.92. The Balaban J connectivity index is 1.99. The predicted molar refractivity (Wildman–Crippen MR) is 71.1 cm³/mol. The number of nitrogens with zero attached hydrogens (tertiary/aromatic N) is 4. The fourth-order valence-electron chi connectivity index (χ4n) is 1.53. The number of nitrogens with one attached hydrogen (secondary N) is 1. The average molecular weight is 244 g/mol. The first-order chi connectivity index (χ1) is 8.65. The second kappa shape index (κ2) is 5.31. The molecule has 18 heavy (non-hydrogen) atoms. The molecular weight excluding hydrogens is 228 g/mol. The molecule has 0 unspecified atom stereocenters. The molecule has 0 aliphatic rings. The molecule has 6 heteroatoms. The summed E-state index contributed by atoms with van der Waals surface area (Å²) in [5, 5.41) is 7.00. The Morgan fingerprint density at radius 1 is 1.50 bits per heavy atom. The van der Waals surface area contributed by atoms with Crippen LogP contribution in [0.5, 0.6) is 0 Å². The molecule has 1 aromatic carbocycles. The molecule has 0 aliphatic heterocycles. The Morgan fingerprint density at radius 2 is 2.33 bits per heavy atom. The third-order valence-corrected chi connectivity index (χ3v) is 2.49. The zero-order valence-electron chi connectivity index (χ0n) is 10.5. The topological polar surface area (TPSA) is 81.1 Å². The standard InChI is InChI=1S/C12H16N6/c1-9-4-3-5-10(6-9)17-12(13)14-7-11-15-8-16-18(11)2/h3-6,8H,7H2,1-2H3,(H3,13,14,17). The van der Waals surface area contributed by atoms with Gasteiger partial charge < -0.3 is 11.1 Å². The molecule has 1 aromatic heterocycles. The van der Waals surface area contributed by atoms with E-state index in [4.69, 9.17) is 5.73 Å². The van der Waals surface area contributed by atoms with E-state index in [2.05, 4.69) is 20.4 Å². The van der Waals surface area contributed by atoms with E-state index in [1.54, 1.807) is 4.68 Å². The van der Waals surface area contributed by atoms with Crippen molar-refractivity contribution in [3.63, 3.8) is 0 Å². The third kappa shape index (κ3) is 3.07. The molecule has 1 heterocycles. The maximum absolute atomic E-state index is 5.80. The van der Waals surface area contributed by atoms with E-state index < -0.39 is 0 Å². The SMILES string of the molecule is Cc1cccc(NC(N)=NCc2ncnn2C)c1. The van der Waals surface area contributed by atoms with Crippen LogP contribution in [-0.2, 0) is 13.6 Å². The molecule has 0 atom stereocenters. The number of rotatable bonds is 3. The Morgan fingerprint density at radius 3 is 3.00 bits per heavy atom. The molecule has 0 saturated carbocycles. The van der Waals surface area contributed by atoms with E-state index in [0.717, 1.165) is 11.5 Å². The lowest BCUT2D eigenvalue weighted by Gasteiger charge is -2.06. The summed E-state index contributed by atoms with van der Waals surface area (Å²) >= 11 is 0. The normalized spacial score (nSPS) is 11.6. The fourth-order valence-corrected chi connectivity index (χ4v) is 1.53. The largest absolute Gasteiger partial charge is 0.370 e. The third-order valence-electron chi connectivity index (χ3n) is 2.49. The number of aryl methyl sites for hydroxylation is 2. The molecule has 0 saturated heterocycles. The number of guanidine groups is 1. The molecule has 2 rings (SSSR count). The van der Waals surface area contributed by atoms with Gasteiger partial charge in [-0.25, -0.2) is 9.98 Å². The van der Waals surface area contributed by atoms with Crippen molar-refractivity contribution in [1.82, 2.24) is 14.8 Å². The monoisotopic (exact) mass is 244 g/mol. The second-order valence-corrected chi connectivity index (χ2v) is 4.00. The van der Waals surface area contributed by atoms with Gasteiger partial charge in [-0.15, -0.1) is 0 Å². The molecule has 0 aliphatic carbocycles. The van der Waals surface area contributed by atoms with Crippen molar-refractivity contribution in [2.75, 3.05) is 5.32 Å². The highest BCUT2D eigenvalue weighted by atomic mass is 15.3. The van der Waals surface area contributed by atoms with Crippen LogP contribution in [0, 0.1) is 6.92 Å². The van der Waals surface area contributed by atoms with E-state index in [1.807, 2.05) is 38.2 Å². The molecule has 3 N–H and O–H groups in total. The number of hydrogen-bond donors (Lipinski definition) is 2. The van der Waals surface area contributed by atoms with Crippen molar-refractivity contribution in [3.05, 3.63) is 42.0 Å². The zero-order valence-corrected chi connectivity index (χ0v) is 10.5. The van der Waals surface area contributed by atoms with Gasteiger partial charge >= 0.3 is 0 Å². The van der Waals surface area contributed by atoms with Crippen molar-refractivity contribution in [2.24, 2.45) is 17.8 Å². The molecular formula is C12H16N6. The van der Waals surface area contributed by atoms with Crippen molar-refractivity contribution in [2.45, 2.75) is 13.5 Å². The summed E-state index contributed by atoms with van der Waals surface area (Å²) in [4.78, 5) is 8.28. The Bertz CT molecular complexity index is 557. The summed E-state index contributed by atoms with van der Waals surface area (Å²) in [5.41, 5.74) is 7.90. The lowest BCUT2D eigenvalue weighted by atomic mass is 10.2. The molecule has 0 fully saturated rings. The van der Waals surface area contributed by atoms with Gasteiger partial charge in [0.2, 0.25) is 0 Å². The number of aliphatic imine (C=N–C) groups is 1. The zero-order chi connectivity index (χ0) is 13.0. The van der Waals surface area contributed by atoms with Gasteiger partial charge in [0.05, 0.1) is 0 Å². The van der Waals surface area contributed by atoms with Gasteiger partial charge in [0, 0.05) is 12.7 Å². The van der Waals surface area contributed by atoms with Gasteiger partial charge in [0.1, 0.15) is 18.7 Å². The first-order valence-corrected chi connectivity index (χ1v) is 5.61. The van der Waals surface area contributed by atoms with Crippen LogP contribution in [0.15, 0.2) is 35.6 Å². The Hall–Kier alpha value is -2.37. The summed E-state index contributed by atoms with van der Waals surface area (Å²) in [6, 6.07) is 7.94. The van der Waals surface area contributed by atoms with Gasteiger partial charge in [-0.3, -0.25) is 4.68 Å². The van der Waals surface area contributed by atoms with Gasteiger partial charge in [-0.2, -0.15) is 5.10 Å². The van der Waals surface area contributed by atoms with E-state index in [9.17, 15) is 0 Å². The van der Waals surface area contributed by atoms with E-state index in [0.29, 0.717) is 12.5 Å². The van der Waals surface area contributed by atoms with Crippen LogP contribution in [0.4, 0.5) is 5.69 Å². The Labute approximate surface area is 106 Å². The minimum atomic E-state index is 0.364. The highest BCUT2D eigenvalue weighted by Gasteiger charge is 1.99. The lowest BCUT2D eigenvalue weighted by molar-refractivity contribution is 0.702. The Kier molecular flexibility index (Phi) is 3.57. The molecule has 0 spiro atoms. The minimum Gasteiger partial charge on any atom is -0.370 e. The van der Waals surface area contributed by atoms with Crippen LogP contribution in [0.25, 0.3) is 0 Å². The lowest BCUT2D eigenvalue weighted by Crippen LogP contribution is -2.22. The smallest absolute Gasteiger partial charge is 0.193 e. The quantitative estimate of drug-likeness (QED) is 0.624. The van der Waals surface area contributed by atoms with Crippen LogP contribution < -0.4 is 11.1 Å². The summed E-state index contributed by atoms with van der Waals surface area (Å²) < 4.78 is 1.67. The summed E-state index contributed by atoms with van der Waals surface area (Å²) in [7, 11) is 1.82. The highest BCUT2D eigenvalue weighted by Crippen LogP contribution is 2.08. The molecule has 0 radical (unpaired) electrons. The van der Waals surface area contributed by atoms with Gasteiger partial charge in [0.15, 0.2) is 5.96 Å². The summed E-state index contributed by atoms with van der Waals surface area (Å²) in [6.07, 6.45) is 1.50. The van der Waals surface area contributed by atoms with Crippen molar-refractivity contribution in [3.8, 4) is 0 Å². The van der Waals surface area contributed by atoms with Crippen LogP contribution in [0.3, 0.4) is 0 Å². The van der Waals surface area contributed by atoms with Gasteiger partial charge in [-0.1, -0.05) is 12.1 Å². The van der Waals surface area contributed by atoms with Crippen LogP contribution >= 0.6 is 0 Å². The van der Waals surface area contributed by atoms with Crippen molar-refractivity contribution in [1.29, 1.82) is 0 Å². The molecule has 0 bridgehead atoms. The maximum atomic E-state index is 5.80. The minimum absolute atomic E-state index is 0.364. The van der Waals surface area contributed by atoms with Crippen LogP contribution in [0.1, 0.15) is 11.4 Å². The fraction of sp³-hybridized carbons (Fsp3) is 0.250. The van der Waals surface area contributed by atoms with Gasteiger partial charge in [0.25, 0.3) is 0 Å². The number of hydrogen-bond acceptors (Lipinski definition) is 3. The van der Waals surface area contributed by atoms with Crippen molar-refractivity contribution < 1.29 is 0 Å². The summed E-state index contributed by atoms with van der Waals surface area (Å²) in [5.74, 6) is 1.13. The number of nitrogens with two attached hydrogens (primary N) is 1. The average Bonchev–Trinajstić information content (AvgIpc) is 2.72. The van der Waals surface area contributed by atoms with E-state index >= 15 is 0 Å². The van der Waals surface area contributed by atoms with Crippen molar-refractivity contribution >= 4 is 11.6 Å². The molecule has 94 valence electrons. The van der Waals surface area contributed by atoms with Crippen LogP contribution in [0.2, 0.25) is 0 Å².